The lowest BCUT2D eigenvalue weighted by molar-refractivity contribution is -0.385. The van der Waals surface area contributed by atoms with Gasteiger partial charge in [-0.15, -0.1) is 0 Å². The van der Waals surface area contributed by atoms with Gasteiger partial charge in [-0.2, -0.15) is 0 Å². The van der Waals surface area contributed by atoms with Crippen molar-refractivity contribution in [2.24, 2.45) is 0 Å². The predicted molar refractivity (Wildman–Crippen MR) is 78.5 cm³/mol. The molecule has 108 valence electrons. The Labute approximate surface area is 128 Å². The Morgan fingerprint density at radius 3 is 2.48 bits per heavy atom. The molecule has 0 aliphatic heterocycles. The highest BCUT2D eigenvalue weighted by atomic mass is 79.9. The van der Waals surface area contributed by atoms with E-state index in [0.717, 1.165) is 22.2 Å². The van der Waals surface area contributed by atoms with Crippen molar-refractivity contribution in [2.45, 2.75) is 6.61 Å². The van der Waals surface area contributed by atoms with Gasteiger partial charge in [-0.1, -0.05) is 28.1 Å². The van der Waals surface area contributed by atoms with Crippen LogP contribution in [0.3, 0.4) is 0 Å². The number of benzene rings is 2. The van der Waals surface area contributed by atoms with E-state index in [0.29, 0.717) is 0 Å². The van der Waals surface area contributed by atoms with Crippen molar-refractivity contribution in [3.63, 3.8) is 0 Å². The molecule has 0 atom stereocenters. The molecule has 0 fully saturated rings. The monoisotopic (exact) mass is 351 g/mol. The molecule has 0 aliphatic rings. The van der Waals surface area contributed by atoms with Gasteiger partial charge in [-0.25, -0.2) is 4.79 Å². The van der Waals surface area contributed by atoms with Crippen molar-refractivity contribution >= 4 is 27.6 Å². The summed E-state index contributed by atoms with van der Waals surface area (Å²) in [5, 5.41) is 19.8. The van der Waals surface area contributed by atoms with Crippen LogP contribution < -0.4 is 4.74 Å². The second kappa shape index (κ2) is 6.36. The van der Waals surface area contributed by atoms with Gasteiger partial charge < -0.3 is 9.84 Å². The fraction of sp³-hybridized carbons (Fsp3) is 0.0714. The molecule has 1 N–H and O–H groups in total. The summed E-state index contributed by atoms with van der Waals surface area (Å²) in [7, 11) is 0. The first-order valence-electron chi connectivity index (χ1n) is 5.86. The number of carboxylic acids is 1. The molecule has 0 saturated carbocycles. The minimum absolute atomic E-state index is 0.233. The summed E-state index contributed by atoms with van der Waals surface area (Å²) < 4.78 is 6.38. The number of ether oxygens (including phenoxy) is 1. The molecule has 0 bridgehead atoms. The Morgan fingerprint density at radius 1 is 1.24 bits per heavy atom. The third kappa shape index (κ3) is 3.79. The molecule has 0 unspecified atom stereocenters. The zero-order valence-corrected chi connectivity index (χ0v) is 12.2. The van der Waals surface area contributed by atoms with E-state index in [-0.39, 0.29) is 17.9 Å². The highest BCUT2D eigenvalue weighted by Crippen LogP contribution is 2.25. The Bertz CT molecular complexity index is 684. The first-order chi connectivity index (χ1) is 9.97. The summed E-state index contributed by atoms with van der Waals surface area (Å²) in [6.07, 6.45) is 0. The summed E-state index contributed by atoms with van der Waals surface area (Å²) in [5.41, 5.74) is 0.0370. The van der Waals surface area contributed by atoms with Crippen molar-refractivity contribution < 1.29 is 19.6 Å². The summed E-state index contributed by atoms with van der Waals surface area (Å²) in [6.45, 7) is 0.233. The number of carboxylic acid groups (broad SMARTS) is 1. The summed E-state index contributed by atoms with van der Waals surface area (Å²) in [5.74, 6) is -1.10. The highest BCUT2D eigenvalue weighted by molar-refractivity contribution is 9.10. The number of aromatic carboxylic acids is 1. The zero-order valence-electron chi connectivity index (χ0n) is 10.7. The quantitative estimate of drug-likeness (QED) is 0.656. The molecule has 2 rings (SSSR count). The molecule has 0 spiro atoms. The van der Waals surface area contributed by atoms with Gasteiger partial charge in [0.15, 0.2) is 0 Å². The number of rotatable bonds is 5. The Morgan fingerprint density at radius 2 is 1.90 bits per heavy atom. The molecule has 0 aromatic heterocycles. The van der Waals surface area contributed by atoms with Crippen LogP contribution in [0.2, 0.25) is 0 Å². The van der Waals surface area contributed by atoms with Gasteiger partial charge in [0.2, 0.25) is 0 Å². The van der Waals surface area contributed by atoms with E-state index in [2.05, 4.69) is 15.9 Å². The third-order valence-corrected chi connectivity index (χ3v) is 3.24. The maximum Gasteiger partial charge on any atom is 0.342 e. The minimum Gasteiger partial charge on any atom is -0.489 e. The standard InChI is InChI=1S/C14H10BrNO5/c15-10-3-1-9(2-4-10)8-21-11-5-6-12(14(17)18)13(7-11)16(19)20/h1-7H,8H2,(H,17,18). The first kappa shape index (κ1) is 15.0. The Hall–Kier alpha value is -2.41. The van der Waals surface area contributed by atoms with Crippen LogP contribution >= 0.6 is 15.9 Å². The number of carbonyl (C=O) groups is 1. The predicted octanol–water partition coefficient (Wildman–Crippen LogP) is 3.63. The van der Waals surface area contributed by atoms with Crippen molar-refractivity contribution in [1.29, 1.82) is 0 Å². The van der Waals surface area contributed by atoms with Crippen molar-refractivity contribution in [2.75, 3.05) is 0 Å². The maximum atomic E-state index is 10.9. The van der Waals surface area contributed by atoms with Gasteiger partial charge in [0.1, 0.15) is 17.9 Å². The number of nitro groups is 1. The summed E-state index contributed by atoms with van der Waals surface area (Å²) in [6, 6.07) is 11.1. The molecular formula is C14H10BrNO5. The van der Waals surface area contributed by atoms with Crippen LogP contribution in [0.15, 0.2) is 46.9 Å². The largest absolute Gasteiger partial charge is 0.489 e. The van der Waals surface area contributed by atoms with Crippen LogP contribution in [0.5, 0.6) is 5.75 Å². The topological polar surface area (TPSA) is 89.7 Å². The molecule has 6 nitrogen and oxygen atoms in total. The minimum atomic E-state index is -1.35. The van der Waals surface area contributed by atoms with Gasteiger partial charge >= 0.3 is 5.97 Å². The molecule has 7 heteroatoms. The fourth-order valence-corrected chi connectivity index (χ4v) is 1.94. The van der Waals surface area contributed by atoms with E-state index >= 15 is 0 Å². The second-order valence-corrected chi connectivity index (χ2v) is 5.07. The molecule has 2 aromatic rings. The van der Waals surface area contributed by atoms with Gasteiger partial charge in [0, 0.05) is 4.47 Å². The highest BCUT2D eigenvalue weighted by Gasteiger charge is 2.20. The number of nitrogens with zero attached hydrogens (tertiary/aromatic N) is 1. The SMILES string of the molecule is O=C(O)c1ccc(OCc2ccc(Br)cc2)cc1[N+](=O)[O-]. The molecule has 0 aliphatic carbocycles. The first-order valence-corrected chi connectivity index (χ1v) is 6.65. The maximum absolute atomic E-state index is 10.9. The normalized spacial score (nSPS) is 10.1. The lowest BCUT2D eigenvalue weighted by Crippen LogP contribution is -2.03. The van der Waals surface area contributed by atoms with E-state index in [1.54, 1.807) is 0 Å². The molecule has 0 saturated heterocycles. The number of nitro benzene ring substituents is 1. The molecule has 2 aromatic carbocycles. The van der Waals surface area contributed by atoms with Crippen molar-refractivity contribution in [3.8, 4) is 5.75 Å². The molecule has 0 amide bonds. The van der Waals surface area contributed by atoms with Crippen molar-refractivity contribution in [3.05, 3.63) is 68.2 Å². The number of halogens is 1. The second-order valence-electron chi connectivity index (χ2n) is 4.16. The van der Waals surface area contributed by atoms with Crippen LogP contribution in [0.1, 0.15) is 15.9 Å². The van der Waals surface area contributed by atoms with E-state index in [9.17, 15) is 14.9 Å². The lowest BCUT2D eigenvalue weighted by Gasteiger charge is -2.07. The van der Waals surface area contributed by atoms with E-state index in [4.69, 9.17) is 9.84 Å². The fourth-order valence-electron chi connectivity index (χ4n) is 1.68. The van der Waals surface area contributed by atoms with Crippen LogP contribution in [-0.4, -0.2) is 16.0 Å². The molecular weight excluding hydrogens is 342 g/mol. The number of hydrogen-bond donors (Lipinski definition) is 1. The lowest BCUT2D eigenvalue weighted by atomic mass is 10.1. The third-order valence-electron chi connectivity index (χ3n) is 2.72. The van der Waals surface area contributed by atoms with E-state index in [1.165, 1.54) is 6.07 Å². The van der Waals surface area contributed by atoms with E-state index < -0.39 is 16.6 Å². The van der Waals surface area contributed by atoms with Crippen LogP contribution in [0, 0.1) is 10.1 Å². The summed E-state index contributed by atoms with van der Waals surface area (Å²) >= 11 is 3.32. The molecule has 0 radical (unpaired) electrons. The van der Waals surface area contributed by atoms with Gasteiger partial charge in [-0.3, -0.25) is 10.1 Å². The van der Waals surface area contributed by atoms with Crippen LogP contribution in [-0.2, 0) is 6.61 Å². The zero-order chi connectivity index (χ0) is 15.4. The Balaban J connectivity index is 2.17. The summed E-state index contributed by atoms with van der Waals surface area (Å²) in [4.78, 5) is 21.0. The smallest absolute Gasteiger partial charge is 0.342 e. The number of hydrogen-bond acceptors (Lipinski definition) is 4. The average Bonchev–Trinajstić information content (AvgIpc) is 2.46. The van der Waals surface area contributed by atoms with Crippen LogP contribution in [0.4, 0.5) is 5.69 Å². The molecule has 0 heterocycles. The van der Waals surface area contributed by atoms with E-state index in [1.807, 2.05) is 24.3 Å². The van der Waals surface area contributed by atoms with Gasteiger partial charge in [-0.05, 0) is 29.8 Å². The Kier molecular flexibility index (Phi) is 4.54. The van der Waals surface area contributed by atoms with Gasteiger partial charge in [0.25, 0.3) is 5.69 Å². The van der Waals surface area contributed by atoms with Gasteiger partial charge in [0.05, 0.1) is 11.0 Å². The average molecular weight is 352 g/mol. The van der Waals surface area contributed by atoms with Crippen molar-refractivity contribution in [1.82, 2.24) is 0 Å². The van der Waals surface area contributed by atoms with Crippen LogP contribution in [0.25, 0.3) is 0 Å². The molecule has 21 heavy (non-hydrogen) atoms.